The van der Waals surface area contributed by atoms with Gasteiger partial charge in [-0.2, -0.15) is 16.1 Å². The lowest BCUT2D eigenvalue weighted by Crippen LogP contribution is -2.37. The molecule has 0 spiro atoms. The van der Waals surface area contributed by atoms with Crippen molar-refractivity contribution in [3.63, 3.8) is 0 Å². The number of nitrogens with two attached hydrogens (primary N) is 1. The number of hydrogen-bond acceptors (Lipinski definition) is 4. The van der Waals surface area contributed by atoms with E-state index in [9.17, 15) is 8.42 Å². The van der Waals surface area contributed by atoms with Crippen LogP contribution in [0.5, 0.6) is 0 Å². The van der Waals surface area contributed by atoms with Crippen LogP contribution in [0.25, 0.3) is 0 Å². The Morgan fingerprint density at radius 1 is 1.29 bits per heavy atom. The van der Waals surface area contributed by atoms with E-state index in [4.69, 9.17) is 5.73 Å². The van der Waals surface area contributed by atoms with E-state index < -0.39 is 10.0 Å². The highest BCUT2D eigenvalue weighted by molar-refractivity contribution is 7.99. The summed E-state index contributed by atoms with van der Waals surface area (Å²) in [4.78, 5) is 0.299. The summed E-state index contributed by atoms with van der Waals surface area (Å²) < 4.78 is 26.2. The van der Waals surface area contributed by atoms with Gasteiger partial charge < -0.3 is 5.73 Å². The number of hydrogen-bond donors (Lipinski definition) is 1. The summed E-state index contributed by atoms with van der Waals surface area (Å²) in [5.41, 5.74) is 7.19. The van der Waals surface area contributed by atoms with E-state index >= 15 is 0 Å². The quantitative estimate of drug-likeness (QED) is 0.825. The number of anilines is 1. The molecule has 94 valence electrons. The summed E-state index contributed by atoms with van der Waals surface area (Å²) in [5, 5.41) is 0. The number of thioether (sulfide) groups is 1. The molecular weight excluding hydrogens is 256 g/mol. The van der Waals surface area contributed by atoms with Crippen LogP contribution in [0.1, 0.15) is 5.56 Å². The Morgan fingerprint density at radius 3 is 2.53 bits per heavy atom. The standard InChI is InChI=1S/C11H16N2O2S2/c1-9-2-3-10(8-11(9)12)17(14,15)13-4-6-16-7-5-13/h2-3,8H,4-7,12H2,1H3. The minimum Gasteiger partial charge on any atom is -0.398 e. The summed E-state index contributed by atoms with van der Waals surface area (Å²) in [5.74, 6) is 1.72. The minimum atomic E-state index is -3.36. The predicted octanol–water partition coefficient (Wildman–Crippen LogP) is 1.31. The minimum absolute atomic E-state index is 0.299. The molecule has 0 unspecified atom stereocenters. The van der Waals surface area contributed by atoms with Crippen LogP contribution in [-0.2, 0) is 10.0 Å². The third kappa shape index (κ3) is 2.59. The summed E-state index contributed by atoms with van der Waals surface area (Å²) in [6, 6.07) is 4.93. The average molecular weight is 272 g/mol. The number of nitrogen functional groups attached to an aromatic ring is 1. The van der Waals surface area contributed by atoms with Crippen molar-refractivity contribution in [2.45, 2.75) is 11.8 Å². The fourth-order valence-electron chi connectivity index (χ4n) is 1.72. The molecule has 0 atom stereocenters. The zero-order valence-corrected chi connectivity index (χ0v) is 11.4. The number of nitrogens with zero attached hydrogens (tertiary/aromatic N) is 1. The van der Waals surface area contributed by atoms with Crippen molar-refractivity contribution >= 4 is 27.5 Å². The van der Waals surface area contributed by atoms with Gasteiger partial charge in [0.05, 0.1) is 4.90 Å². The molecule has 2 N–H and O–H groups in total. The molecule has 1 aromatic carbocycles. The van der Waals surface area contributed by atoms with Crippen molar-refractivity contribution in [1.29, 1.82) is 0 Å². The van der Waals surface area contributed by atoms with E-state index in [0.717, 1.165) is 17.1 Å². The van der Waals surface area contributed by atoms with Gasteiger partial charge >= 0.3 is 0 Å². The molecular formula is C11H16N2O2S2. The predicted molar refractivity (Wildman–Crippen MR) is 71.7 cm³/mol. The molecule has 4 nitrogen and oxygen atoms in total. The Kier molecular flexibility index (Phi) is 3.65. The first kappa shape index (κ1) is 12.7. The summed E-state index contributed by atoms with van der Waals surface area (Å²) in [6.45, 7) is 3.03. The molecule has 0 aliphatic carbocycles. The number of rotatable bonds is 2. The van der Waals surface area contributed by atoms with Crippen molar-refractivity contribution in [2.75, 3.05) is 30.3 Å². The highest BCUT2D eigenvalue weighted by Crippen LogP contribution is 2.23. The normalized spacial score (nSPS) is 18.2. The van der Waals surface area contributed by atoms with E-state index in [2.05, 4.69) is 0 Å². The van der Waals surface area contributed by atoms with Gasteiger partial charge in [0, 0.05) is 30.3 Å². The van der Waals surface area contributed by atoms with Gasteiger partial charge in [-0.05, 0) is 24.6 Å². The average Bonchev–Trinajstić information content (AvgIpc) is 2.33. The van der Waals surface area contributed by atoms with Crippen LogP contribution >= 0.6 is 11.8 Å². The highest BCUT2D eigenvalue weighted by Gasteiger charge is 2.26. The van der Waals surface area contributed by atoms with Crippen molar-refractivity contribution in [2.24, 2.45) is 0 Å². The third-order valence-electron chi connectivity index (χ3n) is 2.86. The Labute approximate surface area is 106 Å². The topological polar surface area (TPSA) is 63.4 Å². The highest BCUT2D eigenvalue weighted by atomic mass is 32.2. The van der Waals surface area contributed by atoms with Crippen LogP contribution in [-0.4, -0.2) is 37.3 Å². The molecule has 1 fully saturated rings. The fourth-order valence-corrected chi connectivity index (χ4v) is 4.33. The molecule has 1 aromatic rings. The lowest BCUT2D eigenvalue weighted by Gasteiger charge is -2.25. The van der Waals surface area contributed by atoms with Gasteiger partial charge in [-0.3, -0.25) is 0 Å². The van der Waals surface area contributed by atoms with Gasteiger partial charge in [-0.1, -0.05) is 6.07 Å². The molecule has 17 heavy (non-hydrogen) atoms. The van der Waals surface area contributed by atoms with Gasteiger partial charge in [-0.25, -0.2) is 8.42 Å². The monoisotopic (exact) mass is 272 g/mol. The Morgan fingerprint density at radius 2 is 1.94 bits per heavy atom. The molecule has 1 aliphatic heterocycles. The molecule has 1 saturated heterocycles. The number of benzene rings is 1. The molecule has 0 amide bonds. The van der Waals surface area contributed by atoms with E-state index in [-0.39, 0.29) is 0 Å². The van der Waals surface area contributed by atoms with Gasteiger partial charge in [0.2, 0.25) is 10.0 Å². The van der Waals surface area contributed by atoms with Gasteiger partial charge in [0.15, 0.2) is 0 Å². The van der Waals surface area contributed by atoms with E-state index in [1.54, 1.807) is 30.0 Å². The van der Waals surface area contributed by atoms with Crippen molar-refractivity contribution in [3.05, 3.63) is 23.8 Å². The molecule has 0 bridgehead atoms. The van der Waals surface area contributed by atoms with Gasteiger partial charge in [0.25, 0.3) is 0 Å². The zero-order chi connectivity index (χ0) is 12.5. The molecule has 2 rings (SSSR count). The summed E-state index contributed by atoms with van der Waals surface area (Å²) in [6.07, 6.45) is 0. The van der Waals surface area contributed by atoms with Crippen LogP contribution in [0, 0.1) is 6.92 Å². The third-order valence-corrected chi connectivity index (χ3v) is 5.70. The lowest BCUT2D eigenvalue weighted by atomic mass is 10.2. The van der Waals surface area contributed by atoms with Crippen LogP contribution in [0.4, 0.5) is 5.69 Å². The smallest absolute Gasteiger partial charge is 0.243 e. The maximum Gasteiger partial charge on any atom is 0.243 e. The van der Waals surface area contributed by atoms with Gasteiger partial charge in [-0.15, -0.1) is 0 Å². The molecule has 0 radical (unpaired) electrons. The van der Waals surface area contributed by atoms with E-state index in [1.165, 1.54) is 4.31 Å². The first-order valence-corrected chi connectivity index (χ1v) is 8.05. The molecule has 1 aliphatic rings. The Hall–Kier alpha value is -0.720. The van der Waals surface area contributed by atoms with Crippen LogP contribution < -0.4 is 5.73 Å². The molecule has 1 heterocycles. The summed E-state index contributed by atoms with van der Waals surface area (Å²) >= 11 is 1.78. The number of aryl methyl sites for hydroxylation is 1. The maximum atomic E-state index is 12.3. The summed E-state index contributed by atoms with van der Waals surface area (Å²) in [7, 11) is -3.36. The molecule has 0 saturated carbocycles. The fraction of sp³-hybridized carbons (Fsp3) is 0.455. The van der Waals surface area contributed by atoms with E-state index in [0.29, 0.717) is 23.7 Å². The Bertz CT molecular complexity index is 508. The van der Waals surface area contributed by atoms with Gasteiger partial charge in [0.1, 0.15) is 0 Å². The largest absolute Gasteiger partial charge is 0.398 e. The van der Waals surface area contributed by atoms with Crippen LogP contribution in [0.3, 0.4) is 0 Å². The first-order valence-electron chi connectivity index (χ1n) is 5.46. The maximum absolute atomic E-state index is 12.3. The SMILES string of the molecule is Cc1ccc(S(=O)(=O)N2CCSCC2)cc1N. The van der Waals surface area contributed by atoms with Crippen molar-refractivity contribution < 1.29 is 8.42 Å². The molecule has 0 aromatic heterocycles. The second kappa shape index (κ2) is 4.88. The molecule has 6 heteroatoms. The first-order chi connectivity index (χ1) is 8.01. The van der Waals surface area contributed by atoms with Crippen molar-refractivity contribution in [1.82, 2.24) is 4.31 Å². The second-order valence-corrected chi connectivity index (χ2v) is 7.20. The van der Waals surface area contributed by atoms with Crippen LogP contribution in [0.15, 0.2) is 23.1 Å². The Balaban J connectivity index is 2.33. The van der Waals surface area contributed by atoms with Crippen LogP contribution in [0.2, 0.25) is 0 Å². The lowest BCUT2D eigenvalue weighted by molar-refractivity contribution is 0.443. The second-order valence-electron chi connectivity index (χ2n) is 4.03. The van der Waals surface area contributed by atoms with Crippen molar-refractivity contribution in [3.8, 4) is 0 Å². The van der Waals surface area contributed by atoms with E-state index in [1.807, 2.05) is 6.92 Å². The number of sulfonamides is 1. The zero-order valence-electron chi connectivity index (χ0n) is 9.72.